The highest BCUT2D eigenvalue weighted by Crippen LogP contribution is 2.62. The Morgan fingerprint density at radius 2 is 0.969 bits per heavy atom. The molecule has 1 aliphatic carbocycles. The molecule has 14 rings (SSSR count). The van der Waals surface area contributed by atoms with Crippen molar-refractivity contribution in [3.63, 3.8) is 0 Å². The summed E-state index contributed by atoms with van der Waals surface area (Å²) in [6, 6.07) is 81.3. The van der Waals surface area contributed by atoms with Crippen LogP contribution in [0.2, 0.25) is 0 Å². The number of rotatable bonds is 5. The summed E-state index contributed by atoms with van der Waals surface area (Å²) in [5, 5.41) is 4.65. The van der Waals surface area contributed by atoms with Gasteiger partial charge in [-0.2, -0.15) is 0 Å². The molecule has 0 saturated heterocycles. The number of para-hydroxylation sites is 1. The van der Waals surface area contributed by atoms with Gasteiger partial charge in [0.1, 0.15) is 22.7 Å². The van der Waals surface area contributed by atoms with Gasteiger partial charge in [0.05, 0.1) is 5.41 Å². The van der Waals surface area contributed by atoms with Gasteiger partial charge in [-0.3, -0.25) is 0 Å². The lowest BCUT2D eigenvalue weighted by Gasteiger charge is -2.40. The zero-order valence-electron chi connectivity index (χ0n) is 35.0. The van der Waals surface area contributed by atoms with E-state index in [0.717, 1.165) is 72.8 Å². The van der Waals surface area contributed by atoms with Crippen LogP contribution in [-0.4, -0.2) is 0 Å². The fraction of sp³-hybridized carbons (Fsp3) is 0.0164. The van der Waals surface area contributed by atoms with Gasteiger partial charge in [-0.25, -0.2) is 0 Å². The Bertz CT molecular complexity index is 3840. The summed E-state index contributed by atoms with van der Waals surface area (Å²) in [5.74, 6) is 1.71. The van der Waals surface area contributed by atoms with E-state index >= 15 is 0 Å². The van der Waals surface area contributed by atoms with E-state index in [0.29, 0.717) is 0 Å². The van der Waals surface area contributed by atoms with Gasteiger partial charge in [-0.15, -0.1) is 11.3 Å². The lowest BCUT2D eigenvalue weighted by Crippen LogP contribution is -2.32. The predicted octanol–water partition coefficient (Wildman–Crippen LogP) is 17.2. The molecule has 1 spiro atoms. The highest BCUT2D eigenvalue weighted by molar-refractivity contribution is 7.26. The van der Waals surface area contributed by atoms with Crippen LogP contribution in [0.3, 0.4) is 0 Å². The maximum Gasteiger partial charge on any atom is 0.136 e. The second-order valence-corrected chi connectivity index (χ2v) is 18.2. The van der Waals surface area contributed by atoms with Gasteiger partial charge in [0.25, 0.3) is 0 Å². The highest BCUT2D eigenvalue weighted by Gasteiger charge is 2.51. The van der Waals surface area contributed by atoms with Crippen molar-refractivity contribution in [1.82, 2.24) is 0 Å². The van der Waals surface area contributed by atoms with Crippen LogP contribution >= 0.6 is 11.3 Å². The quantitative estimate of drug-likeness (QED) is 0.173. The lowest BCUT2D eigenvalue weighted by atomic mass is 9.66. The average Bonchev–Trinajstić information content (AvgIpc) is 4.03. The molecule has 10 aromatic carbocycles. The molecule has 0 amide bonds. The van der Waals surface area contributed by atoms with E-state index in [9.17, 15) is 0 Å². The molecule has 65 heavy (non-hydrogen) atoms. The Balaban J connectivity index is 1.05. The van der Waals surface area contributed by atoms with Crippen molar-refractivity contribution in [1.29, 1.82) is 0 Å². The number of hydrogen-bond acceptors (Lipinski definition) is 4. The van der Waals surface area contributed by atoms with Crippen LogP contribution in [0.4, 0.5) is 17.1 Å². The number of benzene rings is 10. The Kier molecular flexibility index (Phi) is 7.77. The molecule has 3 nitrogen and oxygen atoms in total. The summed E-state index contributed by atoms with van der Waals surface area (Å²) in [6.07, 6.45) is 0. The summed E-state index contributed by atoms with van der Waals surface area (Å²) < 4.78 is 16.3. The van der Waals surface area contributed by atoms with Gasteiger partial charge in [0.15, 0.2) is 0 Å². The monoisotopic (exact) mass is 847 g/mol. The fourth-order valence-corrected chi connectivity index (χ4v) is 12.2. The number of nitrogens with zero attached hydrogens (tertiary/aromatic N) is 1. The van der Waals surface area contributed by atoms with Gasteiger partial charge in [0, 0.05) is 70.8 Å². The molecule has 0 saturated carbocycles. The van der Waals surface area contributed by atoms with Crippen molar-refractivity contribution in [3.8, 4) is 44.9 Å². The van der Waals surface area contributed by atoms with Gasteiger partial charge >= 0.3 is 0 Å². The Morgan fingerprint density at radius 3 is 1.75 bits per heavy atom. The number of fused-ring (bicyclic) bond motifs is 15. The molecule has 0 atom stereocenters. The normalized spacial score (nSPS) is 13.2. The summed E-state index contributed by atoms with van der Waals surface area (Å²) in [6.45, 7) is 0. The Labute approximate surface area is 379 Å². The third kappa shape index (κ3) is 5.23. The first-order chi connectivity index (χ1) is 32.2. The van der Waals surface area contributed by atoms with Crippen LogP contribution in [0.15, 0.2) is 229 Å². The van der Waals surface area contributed by atoms with E-state index in [1.165, 1.54) is 53.6 Å². The zero-order chi connectivity index (χ0) is 42.6. The number of thiophene rings is 1. The zero-order valence-corrected chi connectivity index (χ0v) is 35.9. The molecule has 0 unspecified atom stereocenters. The Morgan fingerprint density at radius 1 is 0.369 bits per heavy atom. The maximum absolute atomic E-state index is 7.11. The second kappa shape index (κ2) is 13.9. The van der Waals surface area contributed by atoms with Crippen molar-refractivity contribution in [2.45, 2.75) is 5.41 Å². The van der Waals surface area contributed by atoms with E-state index in [1.807, 2.05) is 11.3 Å². The molecule has 4 heteroatoms. The van der Waals surface area contributed by atoms with Crippen molar-refractivity contribution < 1.29 is 9.15 Å². The molecule has 304 valence electrons. The summed E-state index contributed by atoms with van der Waals surface area (Å²) >= 11 is 1.86. The molecule has 0 bridgehead atoms. The van der Waals surface area contributed by atoms with Crippen molar-refractivity contribution >= 4 is 70.5 Å². The molecule has 3 heterocycles. The van der Waals surface area contributed by atoms with Gasteiger partial charge in [-0.05, 0) is 93.5 Å². The maximum atomic E-state index is 7.11. The molecule has 2 aliphatic rings. The number of anilines is 3. The lowest BCUT2D eigenvalue weighted by molar-refractivity contribution is 0.436. The molecule has 0 fully saturated rings. The summed E-state index contributed by atoms with van der Waals surface area (Å²) in [7, 11) is 0. The minimum atomic E-state index is -0.557. The smallest absolute Gasteiger partial charge is 0.136 e. The molecule has 0 radical (unpaired) electrons. The molecular weight excluding hydrogens is 811 g/mol. The third-order valence-electron chi connectivity index (χ3n) is 13.7. The van der Waals surface area contributed by atoms with Crippen LogP contribution in [0, 0.1) is 0 Å². The van der Waals surface area contributed by atoms with Crippen molar-refractivity contribution in [2.24, 2.45) is 0 Å². The van der Waals surface area contributed by atoms with Gasteiger partial charge in [-0.1, -0.05) is 164 Å². The topological polar surface area (TPSA) is 25.6 Å². The summed E-state index contributed by atoms with van der Waals surface area (Å²) in [5.41, 5.74) is 16.3. The van der Waals surface area contributed by atoms with Crippen LogP contribution in [-0.2, 0) is 5.41 Å². The van der Waals surface area contributed by atoms with Crippen LogP contribution in [0.25, 0.3) is 75.5 Å². The van der Waals surface area contributed by atoms with Crippen molar-refractivity contribution in [2.75, 3.05) is 4.90 Å². The number of ether oxygens (including phenoxy) is 1. The Hall–Kier alpha value is -8.18. The van der Waals surface area contributed by atoms with Crippen LogP contribution in [0.1, 0.15) is 22.3 Å². The van der Waals surface area contributed by atoms with Crippen molar-refractivity contribution in [3.05, 3.63) is 247 Å². The summed E-state index contributed by atoms with van der Waals surface area (Å²) in [4.78, 5) is 2.41. The third-order valence-corrected chi connectivity index (χ3v) is 14.9. The van der Waals surface area contributed by atoms with Crippen LogP contribution < -0.4 is 9.64 Å². The average molecular weight is 848 g/mol. The fourth-order valence-electron chi connectivity index (χ4n) is 11.0. The van der Waals surface area contributed by atoms with E-state index in [2.05, 4.69) is 229 Å². The second-order valence-electron chi connectivity index (χ2n) is 17.1. The first kappa shape index (κ1) is 36.3. The standard InChI is InChI=1S/C61H37NO2S/c1-3-16-38(17-4-1)43-23-15-28-56-59(43)49-34-40(31-33-54(49)63-56)62(42-35-47(39-18-5-2-6-19-39)60-48(36-42)46-22-9-14-29-58(46)65-60)41-30-32-53-57(37-41)64-55-27-13-12-26-52(55)61(53)50-24-10-7-20-44(50)45-21-8-11-25-51(45)61/h1-37H. The first-order valence-electron chi connectivity index (χ1n) is 22.2. The molecule has 0 N–H and O–H groups in total. The molecule has 2 aromatic heterocycles. The SMILES string of the molecule is c1ccc(-c2cc(N(c3ccc4c(c3)Oc3ccccc3C43c4ccccc4-c4ccccc43)c3ccc4oc5cccc(-c6ccccc6)c5c4c3)cc3c2sc2ccccc23)cc1. The molecular formula is C61H37NO2S. The molecule has 12 aromatic rings. The van der Waals surface area contributed by atoms with Crippen LogP contribution in [0.5, 0.6) is 11.5 Å². The minimum Gasteiger partial charge on any atom is -0.457 e. The van der Waals surface area contributed by atoms with E-state index in [4.69, 9.17) is 9.15 Å². The predicted molar refractivity (Wildman–Crippen MR) is 270 cm³/mol. The van der Waals surface area contributed by atoms with E-state index in [1.54, 1.807) is 0 Å². The number of furan rings is 1. The largest absolute Gasteiger partial charge is 0.457 e. The highest BCUT2D eigenvalue weighted by atomic mass is 32.1. The van der Waals surface area contributed by atoms with Gasteiger partial charge in [0.2, 0.25) is 0 Å². The minimum absolute atomic E-state index is 0.557. The van der Waals surface area contributed by atoms with E-state index < -0.39 is 5.41 Å². The van der Waals surface area contributed by atoms with Gasteiger partial charge < -0.3 is 14.1 Å². The number of hydrogen-bond donors (Lipinski definition) is 0. The molecule has 1 aliphatic heterocycles. The first-order valence-corrected chi connectivity index (χ1v) is 23.0. The van der Waals surface area contributed by atoms with E-state index in [-0.39, 0.29) is 0 Å².